The van der Waals surface area contributed by atoms with Crippen molar-refractivity contribution in [2.75, 3.05) is 11.5 Å². The van der Waals surface area contributed by atoms with Crippen LogP contribution in [0.3, 0.4) is 0 Å². The van der Waals surface area contributed by atoms with E-state index >= 15 is 0 Å². The Hall–Kier alpha value is -5.25. The van der Waals surface area contributed by atoms with Crippen LogP contribution >= 0.6 is 0 Å². The number of hydrogen-bond donors (Lipinski definition) is 0. The van der Waals surface area contributed by atoms with Crippen molar-refractivity contribution in [1.82, 2.24) is 4.98 Å². The monoisotopic (exact) mass is 575 g/mol. The Balaban J connectivity index is 1.17. The first-order valence-electron chi connectivity index (χ1n) is 14.1. The summed E-state index contributed by atoms with van der Waals surface area (Å²) < 4.78 is 5.36. The highest BCUT2D eigenvalue weighted by Crippen LogP contribution is 2.56. The van der Waals surface area contributed by atoms with Crippen LogP contribution in [0.25, 0.3) is 22.2 Å². The van der Waals surface area contributed by atoms with Gasteiger partial charge in [-0.05, 0) is 55.4 Å². The summed E-state index contributed by atoms with van der Waals surface area (Å²) in [4.78, 5) is 69.3. The van der Waals surface area contributed by atoms with E-state index in [0.29, 0.717) is 27.8 Å². The molecule has 2 bridgehead atoms. The number of nitrogens with zero attached hydrogens (tertiary/aromatic N) is 3. The van der Waals surface area contributed by atoms with Crippen LogP contribution in [-0.4, -0.2) is 40.1 Å². The van der Waals surface area contributed by atoms with Gasteiger partial charge in [0.2, 0.25) is 17.6 Å². The van der Waals surface area contributed by atoms with Crippen molar-refractivity contribution in [2.45, 2.75) is 19.3 Å². The summed E-state index contributed by atoms with van der Waals surface area (Å²) in [6, 6.07) is 20.8. The second-order valence-corrected chi connectivity index (χ2v) is 11.3. The number of anilines is 1. The molecule has 7 rings (SSSR count). The lowest BCUT2D eigenvalue weighted by Gasteiger charge is -2.19. The molecule has 0 radical (unpaired) electrons. The van der Waals surface area contributed by atoms with Crippen molar-refractivity contribution in [1.29, 1.82) is 0 Å². The molecule has 214 valence electrons. The van der Waals surface area contributed by atoms with Crippen LogP contribution in [0.15, 0.2) is 78.9 Å². The number of rotatable bonds is 7. The number of para-hydroxylation sites is 1. The SMILES string of the molecule is O=C(COC(=O)c1cc(-c2cccc(N3C(=O)[C@@H]4[C@H]5CC[C@@H](C5)[C@H]4C3=O)c2)nc2ccccc12)c1cccc([N+](=O)[O-])c1. The Bertz CT molecular complexity index is 1840. The molecule has 0 spiro atoms. The van der Waals surface area contributed by atoms with E-state index in [2.05, 4.69) is 0 Å². The van der Waals surface area contributed by atoms with Crippen LogP contribution in [0.4, 0.5) is 11.4 Å². The quantitative estimate of drug-likeness (QED) is 0.0941. The number of benzene rings is 3. The Kier molecular flexibility index (Phi) is 6.34. The van der Waals surface area contributed by atoms with Crippen LogP contribution in [-0.2, 0) is 14.3 Å². The molecule has 10 nitrogen and oxygen atoms in total. The summed E-state index contributed by atoms with van der Waals surface area (Å²) in [5.74, 6) is -1.53. The fraction of sp³-hybridized carbons (Fsp3) is 0.242. The van der Waals surface area contributed by atoms with E-state index in [1.165, 1.54) is 23.1 Å². The standard InChI is InChI=1S/C33H25N3O7/c37-28(19-6-4-8-23(15-19)36(41)42)17-43-33(40)25-16-27(34-26-10-2-1-9-24(25)26)18-5-3-7-22(14-18)35-31(38)29-20-11-12-21(13-20)30(29)32(35)39/h1-10,14-16,20-21,29-30H,11-13,17H2/t20-,21-,29+,30+/m0/s1. The summed E-state index contributed by atoms with van der Waals surface area (Å²) in [7, 11) is 0. The number of aromatic nitrogens is 1. The van der Waals surface area contributed by atoms with Crippen molar-refractivity contribution in [3.63, 3.8) is 0 Å². The normalized spacial score (nSPS) is 22.2. The molecular weight excluding hydrogens is 550 g/mol. The number of esters is 1. The zero-order chi connectivity index (χ0) is 29.8. The third-order valence-electron chi connectivity index (χ3n) is 8.98. The fourth-order valence-electron chi connectivity index (χ4n) is 7.04. The fourth-order valence-corrected chi connectivity index (χ4v) is 7.04. The van der Waals surface area contributed by atoms with Crippen LogP contribution in [0.1, 0.15) is 40.0 Å². The van der Waals surface area contributed by atoms with Gasteiger partial charge in [-0.3, -0.25) is 29.4 Å². The van der Waals surface area contributed by atoms with Gasteiger partial charge in [0.1, 0.15) is 0 Å². The number of ether oxygens (including phenoxy) is 1. The van der Waals surface area contributed by atoms with E-state index in [9.17, 15) is 29.3 Å². The summed E-state index contributed by atoms with van der Waals surface area (Å²) in [5, 5.41) is 11.6. The molecule has 43 heavy (non-hydrogen) atoms. The Morgan fingerprint density at radius 1 is 0.907 bits per heavy atom. The van der Waals surface area contributed by atoms with Gasteiger partial charge in [0.15, 0.2) is 6.61 Å². The maximum absolute atomic E-state index is 13.4. The predicted molar refractivity (Wildman–Crippen MR) is 155 cm³/mol. The number of non-ortho nitro benzene ring substituents is 1. The number of fused-ring (bicyclic) bond motifs is 6. The number of amides is 2. The molecule has 2 saturated carbocycles. The summed E-state index contributed by atoms with van der Waals surface area (Å²) in [6.45, 7) is -0.606. The highest BCUT2D eigenvalue weighted by Gasteiger charge is 2.61. The molecule has 3 aromatic carbocycles. The Morgan fingerprint density at radius 3 is 2.37 bits per heavy atom. The minimum Gasteiger partial charge on any atom is -0.454 e. The second kappa shape index (κ2) is 10.2. The first-order chi connectivity index (χ1) is 20.8. The molecular formula is C33H25N3O7. The van der Waals surface area contributed by atoms with E-state index in [1.54, 1.807) is 54.6 Å². The lowest BCUT2D eigenvalue weighted by atomic mass is 9.81. The second-order valence-electron chi connectivity index (χ2n) is 11.3. The van der Waals surface area contributed by atoms with Gasteiger partial charge < -0.3 is 4.74 Å². The zero-order valence-corrected chi connectivity index (χ0v) is 22.8. The van der Waals surface area contributed by atoms with E-state index in [-0.39, 0.29) is 52.3 Å². The molecule has 3 fully saturated rings. The van der Waals surface area contributed by atoms with Crippen molar-refractivity contribution >= 4 is 45.8 Å². The lowest BCUT2D eigenvalue weighted by Crippen LogP contribution is -2.32. The third kappa shape index (κ3) is 4.46. The van der Waals surface area contributed by atoms with Crippen molar-refractivity contribution in [3.8, 4) is 11.3 Å². The Labute approximate surface area is 245 Å². The van der Waals surface area contributed by atoms with Gasteiger partial charge in [-0.2, -0.15) is 0 Å². The average molecular weight is 576 g/mol. The molecule has 3 aliphatic rings. The van der Waals surface area contributed by atoms with Crippen molar-refractivity contribution in [2.24, 2.45) is 23.7 Å². The predicted octanol–water partition coefficient (Wildman–Crippen LogP) is 5.39. The number of ketones is 1. The first kappa shape index (κ1) is 26.6. The van der Waals surface area contributed by atoms with Gasteiger partial charge in [0, 0.05) is 28.6 Å². The van der Waals surface area contributed by atoms with Gasteiger partial charge in [0.05, 0.1) is 39.2 Å². The molecule has 10 heteroatoms. The van der Waals surface area contributed by atoms with E-state index in [1.807, 2.05) is 0 Å². The van der Waals surface area contributed by atoms with Crippen LogP contribution < -0.4 is 4.90 Å². The number of carbonyl (C=O) groups is 4. The minimum absolute atomic E-state index is 0.0576. The third-order valence-corrected chi connectivity index (χ3v) is 8.98. The zero-order valence-electron chi connectivity index (χ0n) is 22.8. The number of carbonyl (C=O) groups excluding carboxylic acids is 4. The highest BCUT2D eigenvalue weighted by molar-refractivity contribution is 6.22. The maximum Gasteiger partial charge on any atom is 0.339 e. The molecule has 2 aliphatic carbocycles. The van der Waals surface area contributed by atoms with Crippen molar-refractivity contribution in [3.05, 3.63) is 100 Å². The van der Waals surface area contributed by atoms with Gasteiger partial charge in [-0.15, -0.1) is 0 Å². The molecule has 2 heterocycles. The summed E-state index contributed by atoms with van der Waals surface area (Å²) in [6.07, 6.45) is 2.95. The first-order valence-corrected chi connectivity index (χ1v) is 14.1. The van der Waals surface area contributed by atoms with Gasteiger partial charge >= 0.3 is 5.97 Å². The largest absolute Gasteiger partial charge is 0.454 e. The minimum atomic E-state index is -0.761. The maximum atomic E-state index is 13.4. The van der Waals surface area contributed by atoms with Gasteiger partial charge in [0.25, 0.3) is 5.69 Å². The topological polar surface area (TPSA) is 137 Å². The molecule has 2 amide bonds. The van der Waals surface area contributed by atoms with Crippen LogP contribution in [0.2, 0.25) is 0 Å². The van der Waals surface area contributed by atoms with Gasteiger partial charge in [-0.25, -0.2) is 9.78 Å². The van der Waals surface area contributed by atoms with Crippen LogP contribution in [0, 0.1) is 33.8 Å². The number of nitro groups is 1. The van der Waals surface area contributed by atoms with Crippen LogP contribution in [0.5, 0.6) is 0 Å². The number of pyridine rings is 1. The smallest absolute Gasteiger partial charge is 0.339 e. The molecule has 1 aliphatic heterocycles. The molecule has 0 unspecified atom stereocenters. The molecule has 4 aromatic rings. The van der Waals surface area contributed by atoms with E-state index in [4.69, 9.17) is 9.72 Å². The average Bonchev–Trinajstić information content (AvgIpc) is 3.72. The van der Waals surface area contributed by atoms with Crippen molar-refractivity contribution < 1.29 is 28.8 Å². The number of imide groups is 1. The molecule has 1 saturated heterocycles. The lowest BCUT2D eigenvalue weighted by molar-refractivity contribution is -0.384. The van der Waals surface area contributed by atoms with Gasteiger partial charge in [-0.1, -0.05) is 42.5 Å². The van der Waals surface area contributed by atoms with E-state index < -0.39 is 23.3 Å². The summed E-state index contributed by atoms with van der Waals surface area (Å²) in [5.41, 5.74) is 2.02. The number of Topliss-reactive ketones (excluding diaryl/α,β-unsaturated/α-hetero) is 1. The summed E-state index contributed by atoms with van der Waals surface area (Å²) >= 11 is 0. The van der Waals surface area contributed by atoms with E-state index in [0.717, 1.165) is 25.3 Å². The Morgan fingerprint density at radius 2 is 1.63 bits per heavy atom. The molecule has 1 aromatic heterocycles. The highest BCUT2D eigenvalue weighted by atomic mass is 16.6. The molecule has 4 atom stereocenters. The number of nitro benzene ring substituents is 1. The molecule has 0 N–H and O–H groups in total. The number of hydrogen-bond acceptors (Lipinski definition) is 8.